The van der Waals surface area contributed by atoms with Crippen molar-refractivity contribution in [3.63, 3.8) is 0 Å². The molecular formula is C26H35N3O5S. The van der Waals surface area contributed by atoms with Gasteiger partial charge >= 0.3 is 5.97 Å². The van der Waals surface area contributed by atoms with Crippen molar-refractivity contribution in [2.75, 3.05) is 37.2 Å². The lowest BCUT2D eigenvalue weighted by atomic mass is 9.72. The minimum absolute atomic E-state index is 0.00127. The second kappa shape index (κ2) is 9.62. The Bertz CT molecular complexity index is 1250. The number of carboxylic acid groups (broad SMARTS) is 1. The maximum absolute atomic E-state index is 13.4. The van der Waals surface area contributed by atoms with Crippen molar-refractivity contribution < 1.29 is 23.1 Å². The third-order valence-corrected chi connectivity index (χ3v) is 7.71. The molecule has 0 bridgehead atoms. The van der Waals surface area contributed by atoms with Gasteiger partial charge in [-0.25, -0.2) is 13.2 Å². The molecule has 2 aromatic rings. The molecule has 0 radical (unpaired) electrons. The number of hydrogen-bond acceptors (Lipinski definition) is 6. The number of para-hydroxylation sites is 1. The van der Waals surface area contributed by atoms with Gasteiger partial charge in [0.25, 0.3) is 10.0 Å². The van der Waals surface area contributed by atoms with Crippen molar-refractivity contribution in [1.82, 2.24) is 4.90 Å². The summed E-state index contributed by atoms with van der Waals surface area (Å²) in [7, 11) is -0.200. The Morgan fingerprint density at radius 3 is 2.40 bits per heavy atom. The maximum atomic E-state index is 13.4. The smallest absolute Gasteiger partial charge is 0.338 e. The first-order valence-electron chi connectivity index (χ1n) is 11.6. The zero-order valence-corrected chi connectivity index (χ0v) is 22.0. The van der Waals surface area contributed by atoms with E-state index in [9.17, 15) is 23.1 Å². The third kappa shape index (κ3) is 5.85. The number of nitrogens with zero attached hydrogens (tertiary/aromatic N) is 1. The van der Waals surface area contributed by atoms with Crippen LogP contribution in [0, 0.1) is 10.8 Å². The number of sulfonamides is 1. The molecule has 3 N–H and O–H groups in total. The fraction of sp³-hybridized carbons (Fsp3) is 0.462. The quantitative estimate of drug-likeness (QED) is 0.468. The van der Waals surface area contributed by atoms with E-state index in [1.165, 1.54) is 12.1 Å². The Morgan fingerprint density at radius 2 is 1.77 bits per heavy atom. The second-order valence-electron chi connectivity index (χ2n) is 10.9. The van der Waals surface area contributed by atoms with Gasteiger partial charge in [-0.05, 0) is 56.1 Å². The normalized spacial score (nSPS) is 15.6. The highest BCUT2D eigenvalue weighted by Crippen LogP contribution is 2.39. The van der Waals surface area contributed by atoms with Crippen molar-refractivity contribution in [1.29, 1.82) is 0 Å². The standard InChI is InChI=1S/C26H35N3O5S/c1-25(2,16-29(5)6)15-27-18-9-7-8-10-20(18)35(33,34)28-19-12-11-17-13-14-26(3,4)23(30)21(17)22(19)24(31)32/h7-12,27-28H,13-16H2,1-6H3,(H,31,32). The lowest BCUT2D eigenvalue weighted by Crippen LogP contribution is -2.34. The molecule has 0 amide bonds. The van der Waals surface area contributed by atoms with Crippen LogP contribution < -0.4 is 10.0 Å². The highest BCUT2D eigenvalue weighted by molar-refractivity contribution is 7.92. The molecule has 9 heteroatoms. The van der Waals surface area contributed by atoms with Crippen LogP contribution in [0.25, 0.3) is 0 Å². The molecule has 0 spiro atoms. The van der Waals surface area contributed by atoms with Gasteiger partial charge in [-0.2, -0.15) is 0 Å². The van der Waals surface area contributed by atoms with Crippen molar-refractivity contribution in [3.8, 4) is 0 Å². The number of carboxylic acids is 1. The summed E-state index contributed by atoms with van der Waals surface area (Å²) < 4.78 is 29.3. The fourth-order valence-electron chi connectivity index (χ4n) is 4.61. The molecule has 0 atom stereocenters. The molecule has 1 aliphatic rings. The minimum Gasteiger partial charge on any atom is -0.478 e. The number of aryl methyl sites for hydroxylation is 1. The highest BCUT2D eigenvalue weighted by Gasteiger charge is 2.38. The Labute approximate surface area is 207 Å². The van der Waals surface area contributed by atoms with Crippen LogP contribution in [0.15, 0.2) is 41.3 Å². The van der Waals surface area contributed by atoms with Gasteiger partial charge in [0.2, 0.25) is 0 Å². The van der Waals surface area contributed by atoms with Crippen molar-refractivity contribution >= 4 is 33.2 Å². The van der Waals surface area contributed by atoms with Crippen LogP contribution in [-0.4, -0.2) is 57.4 Å². The number of fused-ring (bicyclic) bond motifs is 1. The zero-order valence-electron chi connectivity index (χ0n) is 21.2. The van der Waals surface area contributed by atoms with Gasteiger partial charge in [-0.1, -0.05) is 45.9 Å². The number of hydrogen-bond donors (Lipinski definition) is 3. The molecule has 0 aliphatic heterocycles. The summed E-state index contributed by atoms with van der Waals surface area (Å²) in [6.07, 6.45) is 1.16. The Kier molecular flexibility index (Phi) is 7.34. The Hall–Kier alpha value is -2.91. The first-order valence-corrected chi connectivity index (χ1v) is 13.1. The van der Waals surface area contributed by atoms with Crippen LogP contribution >= 0.6 is 0 Å². The van der Waals surface area contributed by atoms with Crippen LogP contribution in [-0.2, 0) is 16.4 Å². The number of nitrogens with one attached hydrogen (secondary N) is 2. The van der Waals surface area contributed by atoms with Gasteiger partial charge < -0.3 is 15.3 Å². The molecule has 0 saturated heterocycles. The van der Waals surface area contributed by atoms with Crippen molar-refractivity contribution in [2.24, 2.45) is 10.8 Å². The van der Waals surface area contributed by atoms with E-state index in [1.807, 2.05) is 14.1 Å². The van der Waals surface area contributed by atoms with E-state index in [4.69, 9.17) is 0 Å². The van der Waals surface area contributed by atoms with Crippen LogP contribution in [0.5, 0.6) is 0 Å². The van der Waals surface area contributed by atoms with Gasteiger partial charge in [-0.3, -0.25) is 9.52 Å². The number of benzene rings is 2. The first-order chi connectivity index (χ1) is 16.1. The van der Waals surface area contributed by atoms with E-state index in [-0.39, 0.29) is 32.9 Å². The number of anilines is 2. The van der Waals surface area contributed by atoms with Crippen molar-refractivity contribution in [2.45, 2.75) is 45.4 Å². The van der Waals surface area contributed by atoms with Crippen LogP contribution in [0.1, 0.15) is 60.4 Å². The topological polar surface area (TPSA) is 116 Å². The van der Waals surface area contributed by atoms with Gasteiger partial charge in [0.1, 0.15) is 4.90 Å². The summed E-state index contributed by atoms with van der Waals surface area (Å²) in [6.45, 7) is 9.05. The van der Waals surface area contributed by atoms with Crippen LogP contribution in [0.3, 0.4) is 0 Å². The fourth-order valence-corrected chi connectivity index (χ4v) is 5.87. The number of carbonyl (C=O) groups is 2. The lowest BCUT2D eigenvalue weighted by Gasteiger charge is -2.31. The number of rotatable bonds is 9. The van der Waals surface area contributed by atoms with Crippen LogP contribution in [0.4, 0.5) is 11.4 Å². The number of Topliss-reactive ketones (excluding diaryl/α,β-unsaturated/α-hetero) is 1. The van der Waals surface area contributed by atoms with E-state index in [1.54, 1.807) is 38.1 Å². The molecule has 3 rings (SSSR count). The summed E-state index contributed by atoms with van der Waals surface area (Å²) in [4.78, 5) is 27.4. The molecule has 0 aromatic heterocycles. The average Bonchev–Trinajstić information content (AvgIpc) is 2.74. The van der Waals surface area contributed by atoms with Gasteiger partial charge in [0.05, 0.1) is 16.9 Å². The van der Waals surface area contributed by atoms with Crippen molar-refractivity contribution in [3.05, 3.63) is 53.1 Å². The molecule has 190 valence electrons. The van der Waals surface area contributed by atoms with E-state index in [0.29, 0.717) is 30.6 Å². The molecule has 0 saturated carbocycles. The zero-order chi connectivity index (χ0) is 26.2. The predicted molar refractivity (Wildman–Crippen MR) is 138 cm³/mol. The number of carbonyl (C=O) groups excluding carboxylic acids is 1. The summed E-state index contributed by atoms with van der Waals surface area (Å²) >= 11 is 0. The lowest BCUT2D eigenvalue weighted by molar-refractivity contribution is 0.0684. The molecule has 1 aliphatic carbocycles. The molecule has 8 nitrogen and oxygen atoms in total. The third-order valence-electron chi connectivity index (χ3n) is 6.29. The second-order valence-corrected chi connectivity index (χ2v) is 12.5. The average molecular weight is 502 g/mol. The van der Waals surface area contributed by atoms with E-state index < -0.39 is 21.4 Å². The minimum atomic E-state index is -4.16. The van der Waals surface area contributed by atoms with Gasteiger partial charge in [-0.15, -0.1) is 0 Å². The van der Waals surface area contributed by atoms with E-state index in [2.05, 4.69) is 28.8 Å². The molecular weight excluding hydrogens is 466 g/mol. The van der Waals surface area contributed by atoms with E-state index in [0.717, 1.165) is 6.54 Å². The van der Waals surface area contributed by atoms with Crippen LogP contribution in [0.2, 0.25) is 0 Å². The SMILES string of the molecule is CN(C)CC(C)(C)CNc1ccccc1S(=O)(=O)Nc1ccc2c(c1C(=O)O)C(=O)C(C)(C)CC2. The molecule has 0 fully saturated rings. The monoisotopic (exact) mass is 501 g/mol. The van der Waals surface area contributed by atoms with Gasteiger partial charge in [0, 0.05) is 24.1 Å². The number of ketones is 1. The Morgan fingerprint density at radius 1 is 1.11 bits per heavy atom. The maximum Gasteiger partial charge on any atom is 0.338 e. The molecule has 35 heavy (non-hydrogen) atoms. The summed E-state index contributed by atoms with van der Waals surface area (Å²) in [5, 5.41) is 13.2. The predicted octanol–water partition coefficient (Wildman–Crippen LogP) is 4.34. The summed E-state index contributed by atoms with van der Waals surface area (Å²) in [5.74, 6) is -1.63. The van der Waals surface area contributed by atoms with Gasteiger partial charge in [0.15, 0.2) is 5.78 Å². The summed E-state index contributed by atoms with van der Waals surface area (Å²) in [5.41, 5.74) is -0.142. The first kappa shape index (κ1) is 26.7. The molecule has 0 unspecified atom stereocenters. The summed E-state index contributed by atoms with van der Waals surface area (Å²) in [6, 6.07) is 9.57. The van der Waals surface area contributed by atoms with E-state index >= 15 is 0 Å². The Balaban J connectivity index is 1.99. The largest absolute Gasteiger partial charge is 0.478 e. The molecule has 0 heterocycles. The molecule has 2 aromatic carbocycles. The highest BCUT2D eigenvalue weighted by atomic mass is 32.2. The number of aromatic carboxylic acids is 1.